The van der Waals surface area contributed by atoms with E-state index in [0.29, 0.717) is 13.1 Å². The summed E-state index contributed by atoms with van der Waals surface area (Å²) >= 11 is 1.66. The second kappa shape index (κ2) is 8.42. The molecule has 1 aromatic heterocycles. The summed E-state index contributed by atoms with van der Waals surface area (Å²) in [5.41, 5.74) is 5.33. The van der Waals surface area contributed by atoms with E-state index in [4.69, 9.17) is 9.84 Å². The van der Waals surface area contributed by atoms with E-state index < -0.39 is 5.60 Å². The van der Waals surface area contributed by atoms with E-state index in [9.17, 15) is 4.79 Å². The predicted octanol–water partition coefficient (Wildman–Crippen LogP) is 6.08. The predicted molar refractivity (Wildman–Crippen MR) is 128 cm³/mol. The summed E-state index contributed by atoms with van der Waals surface area (Å²) in [5, 5.41) is 7.05. The number of aromatic nitrogens is 2. The molecule has 0 fully saturated rings. The Morgan fingerprint density at radius 1 is 1.16 bits per heavy atom. The Morgan fingerprint density at radius 2 is 1.97 bits per heavy atom. The van der Waals surface area contributed by atoms with Crippen LogP contribution in [0.15, 0.2) is 53.6 Å². The molecule has 0 unspecified atom stereocenters. The first-order valence-electron chi connectivity index (χ1n) is 10.6. The zero-order valence-corrected chi connectivity index (χ0v) is 19.6. The summed E-state index contributed by atoms with van der Waals surface area (Å²) in [5.74, 6) is 0. The molecule has 1 aliphatic heterocycles. The fraction of sp³-hybridized carbons (Fsp3) is 0.360. The first-order valence-corrected chi connectivity index (χ1v) is 11.8. The van der Waals surface area contributed by atoms with Gasteiger partial charge in [0.1, 0.15) is 10.6 Å². The van der Waals surface area contributed by atoms with E-state index >= 15 is 0 Å². The number of aryl methyl sites for hydroxylation is 1. The largest absolute Gasteiger partial charge is 0.444 e. The third kappa shape index (κ3) is 4.64. The molecule has 0 spiro atoms. The average Bonchev–Trinajstić information content (AvgIpc) is 3.11. The molecule has 1 amide bonds. The Balaban J connectivity index is 1.65. The number of carbonyl (C=O) groups excluding carboxylic acids is 1. The van der Waals surface area contributed by atoms with Crippen molar-refractivity contribution in [3.8, 4) is 5.69 Å². The number of hydrogen-bond donors (Lipinski definition) is 0. The first-order chi connectivity index (χ1) is 14.7. The summed E-state index contributed by atoms with van der Waals surface area (Å²) in [6.45, 7) is 9.00. The monoisotopic (exact) mass is 435 g/mol. The van der Waals surface area contributed by atoms with Gasteiger partial charge in [-0.1, -0.05) is 24.3 Å². The number of ether oxygens (including phenoxy) is 1. The second-order valence-corrected chi connectivity index (χ2v) is 9.69. The molecule has 0 bridgehead atoms. The Labute approximate surface area is 188 Å². The minimum atomic E-state index is -0.477. The molecule has 3 aromatic rings. The highest BCUT2D eigenvalue weighted by Crippen LogP contribution is 2.32. The minimum Gasteiger partial charge on any atom is -0.444 e. The van der Waals surface area contributed by atoms with Crippen molar-refractivity contribution in [2.75, 3.05) is 19.3 Å². The molecule has 0 atom stereocenters. The zero-order valence-electron chi connectivity index (χ0n) is 18.8. The van der Waals surface area contributed by atoms with Gasteiger partial charge in [0.15, 0.2) is 0 Å². The highest BCUT2D eigenvalue weighted by molar-refractivity contribution is 7.98. The summed E-state index contributed by atoms with van der Waals surface area (Å²) in [6, 6.07) is 15.0. The van der Waals surface area contributed by atoms with E-state index in [-0.39, 0.29) is 6.09 Å². The molecule has 162 valence electrons. The van der Waals surface area contributed by atoms with Crippen LogP contribution in [-0.2, 0) is 4.74 Å². The van der Waals surface area contributed by atoms with Crippen molar-refractivity contribution in [3.63, 3.8) is 0 Å². The quantitative estimate of drug-likeness (QED) is 0.468. The average molecular weight is 436 g/mol. The van der Waals surface area contributed by atoms with Crippen LogP contribution >= 0.6 is 11.8 Å². The standard InChI is InChI=1S/C25H29N3O2S/c1-17-7-6-8-20(15-17)28-22-16-19(9-10-21(22)23(26-28)31-5)18-11-13-27(14-12-18)24(29)30-25(2,3)4/h6-11,15-16H,12-14H2,1-5H3. The van der Waals surface area contributed by atoms with Crippen molar-refractivity contribution in [2.45, 2.75) is 44.7 Å². The Bertz CT molecular complexity index is 1160. The van der Waals surface area contributed by atoms with E-state index in [2.05, 4.69) is 61.7 Å². The van der Waals surface area contributed by atoms with E-state index in [1.165, 1.54) is 16.7 Å². The molecular formula is C25H29N3O2S. The van der Waals surface area contributed by atoms with Crippen molar-refractivity contribution < 1.29 is 9.53 Å². The highest BCUT2D eigenvalue weighted by Gasteiger charge is 2.24. The molecule has 6 heteroatoms. The Kier molecular flexibility index (Phi) is 5.84. The number of carbonyl (C=O) groups is 1. The van der Waals surface area contributed by atoms with Gasteiger partial charge in [0, 0.05) is 18.5 Å². The SMILES string of the molecule is CSc1nn(-c2cccc(C)c2)c2cc(C3=CCN(C(=O)OC(C)(C)C)CC3)ccc12. The van der Waals surface area contributed by atoms with Crippen molar-refractivity contribution in [1.82, 2.24) is 14.7 Å². The molecular weight excluding hydrogens is 406 g/mol. The van der Waals surface area contributed by atoms with Crippen molar-refractivity contribution in [1.29, 1.82) is 0 Å². The Morgan fingerprint density at radius 3 is 2.61 bits per heavy atom. The van der Waals surface area contributed by atoms with Gasteiger partial charge in [-0.25, -0.2) is 9.48 Å². The van der Waals surface area contributed by atoms with Crippen LogP contribution in [-0.4, -0.2) is 45.7 Å². The first kappa shape index (κ1) is 21.5. The second-order valence-electron chi connectivity index (χ2n) is 8.90. The summed E-state index contributed by atoms with van der Waals surface area (Å²) in [4.78, 5) is 14.1. The van der Waals surface area contributed by atoms with Gasteiger partial charge in [-0.05, 0) is 81.3 Å². The third-order valence-corrected chi connectivity index (χ3v) is 6.01. The maximum absolute atomic E-state index is 12.4. The molecule has 2 heterocycles. The van der Waals surface area contributed by atoms with Gasteiger partial charge in [-0.2, -0.15) is 5.10 Å². The van der Waals surface area contributed by atoms with Crippen LogP contribution in [0, 0.1) is 6.92 Å². The lowest BCUT2D eigenvalue weighted by atomic mass is 9.98. The van der Waals surface area contributed by atoms with Gasteiger partial charge >= 0.3 is 6.09 Å². The number of fused-ring (bicyclic) bond motifs is 1. The number of rotatable bonds is 3. The zero-order chi connectivity index (χ0) is 22.2. The molecule has 0 saturated heterocycles. The normalized spacial score (nSPS) is 14.6. The number of amides is 1. The van der Waals surface area contributed by atoms with Gasteiger partial charge in [0.2, 0.25) is 0 Å². The van der Waals surface area contributed by atoms with Crippen LogP contribution in [0.5, 0.6) is 0 Å². The van der Waals surface area contributed by atoms with Crippen LogP contribution in [0.2, 0.25) is 0 Å². The third-order valence-electron chi connectivity index (χ3n) is 5.32. The number of hydrogen-bond acceptors (Lipinski definition) is 4. The lowest BCUT2D eigenvalue weighted by Gasteiger charge is -2.29. The smallest absolute Gasteiger partial charge is 0.410 e. The maximum atomic E-state index is 12.4. The molecule has 31 heavy (non-hydrogen) atoms. The topological polar surface area (TPSA) is 47.4 Å². The van der Waals surface area contributed by atoms with Crippen LogP contribution < -0.4 is 0 Å². The van der Waals surface area contributed by atoms with Gasteiger partial charge in [0.25, 0.3) is 0 Å². The molecule has 0 radical (unpaired) electrons. The maximum Gasteiger partial charge on any atom is 0.410 e. The molecule has 0 saturated carbocycles. The lowest BCUT2D eigenvalue weighted by Crippen LogP contribution is -2.39. The molecule has 5 nitrogen and oxygen atoms in total. The molecule has 1 aliphatic rings. The Hall–Kier alpha value is -2.73. The van der Waals surface area contributed by atoms with Crippen LogP contribution in [0.1, 0.15) is 38.3 Å². The summed E-state index contributed by atoms with van der Waals surface area (Å²) in [7, 11) is 0. The minimum absolute atomic E-state index is 0.250. The number of thioether (sulfide) groups is 1. The molecule has 0 aliphatic carbocycles. The van der Waals surface area contributed by atoms with E-state index in [1.54, 1.807) is 16.7 Å². The highest BCUT2D eigenvalue weighted by atomic mass is 32.2. The fourth-order valence-electron chi connectivity index (χ4n) is 3.82. The van der Waals surface area contributed by atoms with Crippen molar-refractivity contribution in [3.05, 3.63) is 59.7 Å². The van der Waals surface area contributed by atoms with E-state index in [0.717, 1.165) is 28.0 Å². The van der Waals surface area contributed by atoms with Gasteiger partial charge < -0.3 is 9.64 Å². The van der Waals surface area contributed by atoms with Crippen LogP contribution in [0.4, 0.5) is 4.79 Å². The molecule has 2 aromatic carbocycles. The summed E-state index contributed by atoms with van der Waals surface area (Å²) < 4.78 is 7.54. The van der Waals surface area contributed by atoms with Crippen LogP contribution in [0.25, 0.3) is 22.2 Å². The van der Waals surface area contributed by atoms with Crippen molar-refractivity contribution in [2.24, 2.45) is 0 Å². The van der Waals surface area contributed by atoms with Crippen LogP contribution in [0.3, 0.4) is 0 Å². The number of benzene rings is 2. The molecule has 0 N–H and O–H groups in total. The van der Waals surface area contributed by atoms with E-state index in [1.807, 2.05) is 25.5 Å². The fourth-order valence-corrected chi connectivity index (χ4v) is 4.37. The lowest BCUT2D eigenvalue weighted by molar-refractivity contribution is 0.0270. The van der Waals surface area contributed by atoms with Crippen molar-refractivity contribution >= 4 is 34.3 Å². The molecule has 4 rings (SSSR count). The van der Waals surface area contributed by atoms with Gasteiger partial charge in [0.05, 0.1) is 11.2 Å². The summed E-state index contributed by atoms with van der Waals surface area (Å²) in [6.07, 6.45) is 4.75. The van der Waals surface area contributed by atoms with Gasteiger partial charge in [-0.15, -0.1) is 11.8 Å². The van der Waals surface area contributed by atoms with Gasteiger partial charge in [-0.3, -0.25) is 0 Å². The number of nitrogens with zero attached hydrogens (tertiary/aromatic N) is 3.